The van der Waals surface area contributed by atoms with Gasteiger partial charge in [0.25, 0.3) is 0 Å². The first-order valence-corrected chi connectivity index (χ1v) is 12.1. The molecule has 0 spiro atoms. The number of benzene rings is 3. The highest BCUT2D eigenvalue weighted by Gasteiger charge is 2.24. The highest BCUT2D eigenvalue weighted by atomic mass is 19.1. The number of piperidine rings is 1. The summed E-state index contributed by atoms with van der Waals surface area (Å²) < 4.78 is 38.4. The normalized spacial score (nSPS) is 13.8. The van der Waals surface area contributed by atoms with Gasteiger partial charge in [0.05, 0.1) is 23.9 Å². The minimum Gasteiger partial charge on any atom is -0.437 e. The Morgan fingerprint density at radius 3 is 2.47 bits per heavy atom. The number of rotatable bonds is 4. The Kier molecular flexibility index (Phi) is 6.90. The summed E-state index contributed by atoms with van der Waals surface area (Å²) in [5.74, 6) is -1.29. The Labute approximate surface area is 218 Å². The molecular weight excluding hydrogens is 490 g/mol. The number of nitriles is 1. The quantitative estimate of drug-likeness (QED) is 0.272. The summed E-state index contributed by atoms with van der Waals surface area (Å²) in [5.41, 5.74) is 9.89. The Balaban J connectivity index is 1.75. The second-order valence-electron chi connectivity index (χ2n) is 9.09. The van der Waals surface area contributed by atoms with Gasteiger partial charge in [-0.1, -0.05) is 18.2 Å². The summed E-state index contributed by atoms with van der Waals surface area (Å²) in [6.07, 6.45) is 2.21. The third kappa shape index (κ3) is 4.86. The zero-order valence-corrected chi connectivity index (χ0v) is 20.6. The number of hydrogen-bond donors (Lipinski definition) is 1. The SMILES string of the molecule is COC(=O)Oc1c(C#N)cccc1-c1ccc2ncc(-c3cc(F)cc(F)c3)c(N3CCC(N)CC3)c2c1. The number of ether oxygens (including phenoxy) is 2. The molecular formula is C29H24F2N4O3. The average Bonchev–Trinajstić information content (AvgIpc) is 2.92. The van der Waals surface area contributed by atoms with E-state index >= 15 is 0 Å². The van der Waals surface area contributed by atoms with E-state index in [1.54, 1.807) is 24.4 Å². The van der Waals surface area contributed by atoms with E-state index in [9.17, 15) is 18.8 Å². The molecule has 9 heteroatoms. The monoisotopic (exact) mass is 514 g/mol. The van der Waals surface area contributed by atoms with E-state index in [0.717, 1.165) is 30.0 Å². The molecule has 0 atom stereocenters. The molecule has 1 saturated heterocycles. The maximum atomic E-state index is 14.2. The Bertz CT molecular complexity index is 1560. The van der Waals surface area contributed by atoms with Crippen molar-refractivity contribution in [1.29, 1.82) is 5.26 Å². The number of halogens is 2. The number of pyridine rings is 1. The van der Waals surface area contributed by atoms with Gasteiger partial charge in [0.1, 0.15) is 17.7 Å². The van der Waals surface area contributed by atoms with E-state index < -0.39 is 17.8 Å². The number of carbonyl (C=O) groups excluding carboxylic acids is 1. The molecule has 4 aromatic rings. The minimum absolute atomic E-state index is 0.0722. The highest BCUT2D eigenvalue weighted by Crippen LogP contribution is 2.41. The molecule has 2 N–H and O–H groups in total. The van der Waals surface area contributed by atoms with Crippen LogP contribution in [-0.2, 0) is 4.74 Å². The summed E-state index contributed by atoms with van der Waals surface area (Å²) in [6, 6.07) is 16.0. The minimum atomic E-state index is -0.947. The maximum Gasteiger partial charge on any atom is 0.513 e. The van der Waals surface area contributed by atoms with E-state index in [4.69, 9.17) is 10.5 Å². The number of nitrogens with zero attached hydrogens (tertiary/aromatic N) is 3. The van der Waals surface area contributed by atoms with Crippen molar-refractivity contribution in [3.05, 3.63) is 78.0 Å². The standard InChI is InChI=1S/C29H24F2N4O3/c1-37-29(36)38-28-18(15-32)3-2-4-23(28)17-5-6-26-24(13-17)27(35-9-7-22(33)8-10-35)25(16-34-26)19-11-20(30)14-21(31)12-19/h2-6,11-14,16,22H,7-10,33H2,1H3. The van der Waals surface area contributed by atoms with Crippen LogP contribution in [0.4, 0.5) is 19.3 Å². The van der Waals surface area contributed by atoms with Gasteiger partial charge in [0.15, 0.2) is 5.75 Å². The van der Waals surface area contributed by atoms with Crippen molar-refractivity contribution in [3.8, 4) is 34.1 Å². The number of para-hydroxylation sites is 1. The number of fused-ring (bicyclic) bond motifs is 1. The molecule has 1 fully saturated rings. The van der Waals surface area contributed by atoms with Gasteiger partial charge >= 0.3 is 6.16 Å². The van der Waals surface area contributed by atoms with Gasteiger partial charge < -0.3 is 20.1 Å². The number of anilines is 1. The van der Waals surface area contributed by atoms with Crippen LogP contribution in [0.1, 0.15) is 18.4 Å². The summed E-state index contributed by atoms with van der Waals surface area (Å²) >= 11 is 0. The molecule has 0 unspecified atom stereocenters. The second kappa shape index (κ2) is 10.4. The molecule has 0 aliphatic carbocycles. The maximum absolute atomic E-state index is 14.2. The first-order chi connectivity index (χ1) is 18.4. The molecule has 3 aromatic carbocycles. The molecule has 0 bridgehead atoms. The third-order valence-electron chi connectivity index (χ3n) is 6.67. The predicted molar refractivity (Wildman–Crippen MR) is 140 cm³/mol. The van der Waals surface area contributed by atoms with Crippen LogP contribution < -0.4 is 15.4 Å². The fourth-order valence-corrected chi connectivity index (χ4v) is 4.82. The van der Waals surface area contributed by atoms with Crippen LogP contribution in [0.3, 0.4) is 0 Å². The fraction of sp³-hybridized carbons (Fsp3) is 0.207. The van der Waals surface area contributed by atoms with Crippen LogP contribution in [-0.4, -0.2) is 37.4 Å². The Morgan fingerprint density at radius 1 is 1.05 bits per heavy atom. The number of nitrogens with two attached hydrogens (primary N) is 1. The molecule has 2 heterocycles. The van der Waals surface area contributed by atoms with Crippen LogP contribution in [0, 0.1) is 23.0 Å². The third-order valence-corrected chi connectivity index (χ3v) is 6.67. The van der Waals surface area contributed by atoms with Crippen molar-refractivity contribution in [2.45, 2.75) is 18.9 Å². The molecule has 0 saturated carbocycles. The van der Waals surface area contributed by atoms with Gasteiger partial charge in [-0.3, -0.25) is 4.98 Å². The Morgan fingerprint density at radius 2 is 1.79 bits per heavy atom. The molecule has 0 radical (unpaired) electrons. The number of hydrogen-bond acceptors (Lipinski definition) is 7. The first kappa shape index (κ1) is 25.1. The van der Waals surface area contributed by atoms with Crippen LogP contribution in [0.25, 0.3) is 33.2 Å². The zero-order valence-electron chi connectivity index (χ0n) is 20.6. The number of aromatic nitrogens is 1. The van der Waals surface area contributed by atoms with E-state index in [2.05, 4.69) is 14.6 Å². The zero-order chi connectivity index (χ0) is 26.8. The summed E-state index contributed by atoms with van der Waals surface area (Å²) in [7, 11) is 1.19. The largest absolute Gasteiger partial charge is 0.513 e. The van der Waals surface area contributed by atoms with Crippen molar-refractivity contribution >= 4 is 22.7 Å². The lowest BCUT2D eigenvalue weighted by Crippen LogP contribution is -2.40. The Hall–Kier alpha value is -4.55. The second-order valence-corrected chi connectivity index (χ2v) is 9.09. The lowest BCUT2D eigenvalue weighted by Gasteiger charge is -2.34. The molecule has 7 nitrogen and oxygen atoms in total. The first-order valence-electron chi connectivity index (χ1n) is 12.1. The van der Waals surface area contributed by atoms with Crippen molar-refractivity contribution in [2.75, 3.05) is 25.1 Å². The summed E-state index contributed by atoms with van der Waals surface area (Å²) in [4.78, 5) is 18.7. The lowest BCUT2D eigenvalue weighted by atomic mass is 9.95. The van der Waals surface area contributed by atoms with Gasteiger partial charge in [-0.05, 0) is 54.3 Å². The van der Waals surface area contributed by atoms with Gasteiger partial charge in [-0.25, -0.2) is 13.6 Å². The number of methoxy groups -OCH3 is 1. The van der Waals surface area contributed by atoms with E-state index in [1.807, 2.05) is 24.3 Å². The molecule has 38 heavy (non-hydrogen) atoms. The van der Waals surface area contributed by atoms with Crippen molar-refractivity contribution < 1.29 is 23.0 Å². The fourth-order valence-electron chi connectivity index (χ4n) is 4.82. The lowest BCUT2D eigenvalue weighted by molar-refractivity contribution is 0.121. The van der Waals surface area contributed by atoms with Gasteiger partial charge in [0, 0.05) is 47.9 Å². The topological polar surface area (TPSA) is 101 Å². The van der Waals surface area contributed by atoms with Crippen molar-refractivity contribution in [2.24, 2.45) is 5.73 Å². The van der Waals surface area contributed by atoms with Crippen molar-refractivity contribution in [3.63, 3.8) is 0 Å². The molecule has 1 aliphatic rings. The van der Waals surface area contributed by atoms with E-state index in [1.165, 1.54) is 19.2 Å². The van der Waals surface area contributed by atoms with Crippen LogP contribution >= 0.6 is 0 Å². The van der Waals surface area contributed by atoms with Crippen LogP contribution in [0.2, 0.25) is 0 Å². The molecule has 1 aliphatic heterocycles. The predicted octanol–water partition coefficient (Wildman–Crippen LogP) is 5.79. The summed E-state index contributed by atoms with van der Waals surface area (Å²) in [5, 5.41) is 10.4. The smallest absolute Gasteiger partial charge is 0.437 e. The molecule has 1 aromatic heterocycles. The van der Waals surface area contributed by atoms with Gasteiger partial charge in [-0.2, -0.15) is 5.26 Å². The van der Waals surface area contributed by atoms with Gasteiger partial charge in [0.2, 0.25) is 0 Å². The number of carbonyl (C=O) groups is 1. The highest BCUT2D eigenvalue weighted by molar-refractivity contribution is 6.02. The molecule has 192 valence electrons. The van der Waals surface area contributed by atoms with Crippen LogP contribution in [0.5, 0.6) is 5.75 Å². The summed E-state index contributed by atoms with van der Waals surface area (Å²) in [6.45, 7) is 1.33. The van der Waals surface area contributed by atoms with Crippen LogP contribution in [0.15, 0.2) is 60.8 Å². The van der Waals surface area contributed by atoms with E-state index in [-0.39, 0.29) is 17.4 Å². The average molecular weight is 515 g/mol. The van der Waals surface area contributed by atoms with Gasteiger partial charge in [-0.15, -0.1) is 0 Å². The van der Waals surface area contributed by atoms with E-state index in [0.29, 0.717) is 40.9 Å². The molecule has 5 rings (SSSR count). The van der Waals surface area contributed by atoms with Crippen molar-refractivity contribution in [1.82, 2.24) is 4.98 Å². The molecule has 0 amide bonds.